The minimum atomic E-state index is 0.670. The molecule has 19 heavy (non-hydrogen) atoms. The maximum absolute atomic E-state index is 5.87. The summed E-state index contributed by atoms with van der Waals surface area (Å²) in [5, 5.41) is 1.17. The van der Waals surface area contributed by atoms with Gasteiger partial charge in [-0.05, 0) is 45.3 Å². The first-order valence-corrected chi connectivity index (χ1v) is 7.60. The van der Waals surface area contributed by atoms with Crippen LogP contribution in [-0.2, 0) is 12.8 Å². The number of ether oxygens (including phenoxy) is 1. The predicted octanol–water partition coefficient (Wildman–Crippen LogP) is 2.51. The van der Waals surface area contributed by atoms with E-state index in [2.05, 4.69) is 14.9 Å². The average Bonchev–Trinajstić information content (AvgIpc) is 2.77. The van der Waals surface area contributed by atoms with Crippen LogP contribution in [0.5, 0.6) is 5.88 Å². The number of aryl methyl sites for hydroxylation is 2. The number of aromatic nitrogens is 2. The second-order valence-corrected chi connectivity index (χ2v) is 6.31. The molecular weight excluding hydrogens is 258 g/mol. The van der Waals surface area contributed by atoms with Crippen LogP contribution in [0.25, 0.3) is 10.2 Å². The zero-order valence-corrected chi connectivity index (χ0v) is 12.3. The molecule has 0 unspecified atom stereocenters. The third-order valence-corrected chi connectivity index (χ3v) is 4.69. The highest BCUT2D eigenvalue weighted by molar-refractivity contribution is 7.18. The summed E-state index contributed by atoms with van der Waals surface area (Å²) in [6.07, 6.45) is 6.52. The Kier molecular flexibility index (Phi) is 3.66. The molecule has 0 saturated carbocycles. The largest absolute Gasteiger partial charge is 0.476 e. The van der Waals surface area contributed by atoms with E-state index < -0.39 is 0 Å². The summed E-state index contributed by atoms with van der Waals surface area (Å²) < 4.78 is 5.87. The van der Waals surface area contributed by atoms with Crippen molar-refractivity contribution in [3.63, 3.8) is 0 Å². The van der Waals surface area contributed by atoms with Crippen molar-refractivity contribution < 1.29 is 4.74 Å². The lowest BCUT2D eigenvalue weighted by atomic mass is 9.97. The highest BCUT2D eigenvalue weighted by Gasteiger charge is 2.20. The molecule has 0 spiro atoms. The van der Waals surface area contributed by atoms with Gasteiger partial charge in [-0.15, -0.1) is 11.3 Å². The average molecular weight is 277 g/mol. The number of rotatable bonds is 4. The third kappa shape index (κ3) is 2.58. The minimum Gasteiger partial charge on any atom is -0.476 e. The van der Waals surface area contributed by atoms with Crippen LogP contribution in [0.1, 0.15) is 23.3 Å². The summed E-state index contributed by atoms with van der Waals surface area (Å²) in [7, 11) is 4.09. The Morgan fingerprint density at radius 3 is 2.95 bits per heavy atom. The Hall–Kier alpha value is -1.20. The van der Waals surface area contributed by atoms with Crippen molar-refractivity contribution in [2.24, 2.45) is 0 Å². The monoisotopic (exact) mass is 277 g/mol. The molecule has 5 heteroatoms. The van der Waals surface area contributed by atoms with Crippen molar-refractivity contribution in [2.45, 2.75) is 25.7 Å². The summed E-state index contributed by atoms with van der Waals surface area (Å²) in [5.74, 6) is 0.770. The van der Waals surface area contributed by atoms with Crippen molar-refractivity contribution in [2.75, 3.05) is 27.2 Å². The SMILES string of the molecule is CN(C)CCOc1ncnc2sc3c(c12)CCCC3. The molecule has 2 aromatic rings. The summed E-state index contributed by atoms with van der Waals surface area (Å²) in [6, 6.07) is 0. The third-order valence-electron chi connectivity index (χ3n) is 3.49. The Balaban J connectivity index is 1.93. The van der Waals surface area contributed by atoms with Crippen LogP contribution in [0.15, 0.2) is 6.33 Å². The van der Waals surface area contributed by atoms with E-state index in [4.69, 9.17) is 4.74 Å². The molecular formula is C14H19N3OS. The molecule has 0 aliphatic heterocycles. The molecule has 1 aliphatic rings. The molecule has 2 heterocycles. The van der Waals surface area contributed by atoms with Crippen molar-refractivity contribution in [1.82, 2.24) is 14.9 Å². The topological polar surface area (TPSA) is 38.2 Å². The highest BCUT2D eigenvalue weighted by atomic mass is 32.1. The van der Waals surface area contributed by atoms with Crippen molar-refractivity contribution in [3.05, 3.63) is 16.8 Å². The van der Waals surface area contributed by atoms with Crippen molar-refractivity contribution >= 4 is 21.6 Å². The maximum atomic E-state index is 5.87. The molecule has 0 atom stereocenters. The Morgan fingerprint density at radius 1 is 1.26 bits per heavy atom. The Bertz CT molecular complexity index is 579. The lowest BCUT2D eigenvalue weighted by Crippen LogP contribution is -2.19. The normalized spacial score (nSPS) is 14.9. The van der Waals surface area contributed by atoms with Crippen LogP contribution in [0, 0.1) is 0 Å². The molecule has 0 fully saturated rings. The van der Waals surface area contributed by atoms with Crippen LogP contribution in [0.2, 0.25) is 0 Å². The zero-order chi connectivity index (χ0) is 13.2. The molecule has 0 bridgehead atoms. The number of hydrogen-bond donors (Lipinski definition) is 0. The van der Waals surface area contributed by atoms with Crippen LogP contribution in [0.4, 0.5) is 0 Å². The minimum absolute atomic E-state index is 0.670. The van der Waals surface area contributed by atoms with Gasteiger partial charge in [0.1, 0.15) is 17.8 Å². The van der Waals surface area contributed by atoms with Gasteiger partial charge in [0.2, 0.25) is 5.88 Å². The maximum Gasteiger partial charge on any atom is 0.225 e. The van der Waals surface area contributed by atoms with Gasteiger partial charge in [0.05, 0.1) is 5.39 Å². The number of hydrogen-bond acceptors (Lipinski definition) is 5. The first-order valence-electron chi connectivity index (χ1n) is 6.78. The van der Waals surface area contributed by atoms with E-state index in [0.29, 0.717) is 6.61 Å². The molecule has 2 aromatic heterocycles. The summed E-state index contributed by atoms with van der Waals surface area (Å²) >= 11 is 1.81. The molecule has 1 aliphatic carbocycles. The van der Waals surface area contributed by atoms with Crippen molar-refractivity contribution in [3.8, 4) is 5.88 Å². The van der Waals surface area contributed by atoms with Crippen LogP contribution >= 0.6 is 11.3 Å². The molecule has 0 N–H and O–H groups in total. The van der Waals surface area contributed by atoms with Gasteiger partial charge >= 0.3 is 0 Å². The molecule has 0 aromatic carbocycles. The summed E-state index contributed by atoms with van der Waals surface area (Å²) in [6.45, 7) is 1.57. The van der Waals surface area contributed by atoms with E-state index in [-0.39, 0.29) is 0 Å². The second-order valence-electron chi connectivity index (χ2n) is 5.22. The molecule has 0 amide bonds. The van der Waals surface area contributed by atoms with Crippen LogP contribution in [0.3, 0.4) is 0 Å². The lowest BCUT2D eigenvalue weighted by Gasteiger charge is -2.13. The zero-order valence-electron chi connectivity index (χ0n) is 11.5. The van der Waals surface area contributed by atoms with Crippen LogP contribution < -0.4 is 4.74 Å². The van der Waals surface area contributed by atoms with Gasteiger partial charge in [-0.1, -0.05) is 0 Å². The van der Waals surface area contributed by atoms with Gasteiger partial charge in [-0.3, -0.25) is 0 Å². The molecule has 102 valence electrons. The molecule has 3 rings (SSSR count). The fourth-order valence-corrected chi connectivity index (χ4v) is 3.72. The van der Waals surface area contributed by atoms with E-state index in [9.17, 15) is 0 Å². The predicted molar refractivity (Wildman–Crippen MR) is 78.1 cm³/mol. The smallest absolute Gasteiger partial charge is 0.225 e. The van der Waals surface area contributed by atoms with Gasteiger partial charge in [0, 0.05) is 11.4 Å². The lowest BCUT2D eigenvalue weighted by molar-refractivity contribution is 0.256. The molecule has 4 nitrogen and oxygen atoms in total. The van der Waals surface area contributed by atoms with Crippen molar-refractivity contribution in [1.29, 1.82) is 0 Å². The second kappa shape index (κ2) is 5.43. The number of fused-ring (bicyclic) bond motifs is 3. The van der Waals surface area contributed by atoms with Gasteiger partial charge in [-0.25, -0.2) is 9.97 Å². The van der Waals surface area contributed by atoms with E-state index in [1.165, 1.54) is 35.1 Å². The van der Waals surface area contributed by atoms with Gasteiger partial charge in [-0.2, -0.15) is 0 Å². The summed E-state index contributed by atoms with van der Waals surface area (Å²) in [5.41, 5.74) is 1.44. The Labute approximate surface area is 117 Å². The number of thiophene rings is 1. The fourth-order valence-electron chi connectivity index (χ4n) is 2.50. The number of likely N-dealkylation sites (N-methyl/N-ethyl adjacent to an activating group) is 1. The van der Waals surface area contributed by atoms with E-state index in [0.717, 1.165) is 23.7 Å². The number of nitrogens with zero attached hydrogens (tertiary/aromatic N) is 3. The van der Waals surface area contributed by atoms with Crippen LogP contribution in [-0.4, -0.2) is 42.1 Å². The Morgan fingerprint density at radius 2 is 2.11 bits per heavy atom. The fraction of sp³-hybridized carbons (Fsp3) is 0.571. The molecule has 0 radical (unpaired) electrons. The van der Waals surface area contributed by atoms with Gasteiger partial charge < -0.3 is 9.64 Å². The first kappa shape index (κ1) is 12.8. The molecule has 0 saturated heterocycles. The van der Waals surface area contributed by atoms with E-state index in [1.807, 2.05) is 25.4 Å². The first-order chi connectivity index (χ1) is 9.25. The van der Waals surface area contributed by atoms with E-state index >= 15 is 0 Å². The van der Waals surface area contributed by atoms with Gasteiger partial charge in [0.15, 0.2) is 0 Å². The highest BCUT2D eigenvalue weighted by Crippen LogP contribution is 2.38. The van der Waals surface area contributed by atoms with Gasteiger partial charge in [0.25, 0.3) is 0 Å². The standard InChI is InChI=1S/C14H19N3OS/c1-17(2)7-8-18-13-12-10-5-3-4-6-11(10)19-14(12)16-9-15-13/h9H,3-8H2,1-2H3. The quantitative estimate of drug-likeness (QED) is 0.860. The summed E-state index contributed by atoms with van der Waals surface area (Å²) in [4.78, 5) is 13.4. The van der Waals surface area contributed by atoms with E-state index in [1.54, 1.807) is 6.33 Å².